The van der Waals surface area contributed by atoms with Gasteiger partial charge in [0.1, 0.15) is 21.8 Å². The average molecular weight is 291 g/mol. The van der Waals surface area contributed by atoms with Crippen molar-refractivity contribution in [3.63, 3.8) is 0 Å². The second-order valence-corrected chi connectivity index (χ2v) is 5.60. The first-order valence-corrected chi connectivity index (χ1v) is 6.92. The van der Waals surface area contributed by atoms with Gasteiger partial charge in [-0.05, 0) is 0 Å². The summed E-state index contributed by atoms with van der Waals surface area (Å²) in [6, 6.07) is 0. The summed E-state index contributed by atoms with van der Waals surface area (Å²) >= 11 is 1.21. The second-order valence-electron chi connectivity index (χ2n) is 4.60. The Morgan fingerprint density at radius 2 is 2.10 bits per heavy atom. The van der Waals surface area contributed by atoms with Crippen LogP contribution in [0.4, 0.5) is 5.69 Å². The molecule has 1 aliphatic heterocycles. The number of piperazine rings is 1. The molecule has 0 unspecified atom stereocenters. The molecule has 2 aromatic rings. The molecule has 20 heavy (non-hydrogen) atoms. The van der Waals surface area contributed by atoms with Crippen molar-refractivity contribution in [1.82, 2.24) is 19.8 Å². The topological polar surface area (TPSA) is 92.4 Å². The van der Waals surface area contributed by atoms with E-state index >= 15 is 0 Å². The number of likely N-dealkylation sites (N-methyl/N-ethyl adjacent to an activating group) is 1. The van der Waals surface area contributed by atoms with Gasteiger partial charge in [-0.3, -0.25) is 9.59 Å². The van der Waals surface area contributed by atoms with Crippen LogP contribution in [-0.4, -0.2) is 58.3 Å². The summed E-state index contributed by atoms with van der Waals surface area (Å²) in [6.45, 7) is 1.13. The first-order valence-electron chi connectivity index (χ1n) is 6.10. The summed E-state index contributed by atoms with van der Waals surface area (Å²) < 4.78 is 0. The molecule has 0 atom stereocenters. The Labute approximate surface area is 119 Å². The number of hydrogen-bond acceptors (Lipinski definition) is 6. The third-order valence-electron chi connectivity index (χ3n) is 3.30. The van der Waals surface area contributed by atoms with Gasteiger partial charge in [0.15, 0.2) is 0 Å². The highest BCUT2D eigenvalue weighted by atomic mass is 32.1. The molecule has 2 aromatic heterocycles. The van der Waals surface area contributed by atoms with Crippen molar-refractivity contribution in [2.24, 2.45) is 0 Å². The molecule has 1 saturated heterocycles. The zero-order valence-corrected chi connectivity index (χ0v) is 11.7. The van der Waals surface area contributed by atoms with Crippen molar-refractivity contribution in [2.75, 3.05) is 32.4 Å². The smallest absolute Gasteiger partial charge is 0.266 e. The maximum atomic E-state index is 12.5. The number of nitrogens with two attached hydrogens (primary N) is 1. The van der Waals surface area contributed by atoms with Crippen LogP contribution < -0.4 is 5.73 Å². The number of hydrogen-bond donors (Lipinski definition) is 1. The van der Waals surface area contributed by atoms with E-state index < -0.39 is 0 Å². The lowest BCUT2D eigenvalue weighted by Gasteiger charge is -2.31. The Balaban J connectivity index is 1.93. The summed E-state index contributed by atoms with van der Waals surface area (Å²) in [5.41, 5.74) is 6.86. The molecule has 8 heteroatoms. The fraction of sp³-hybridized carbons (Fsp3) is 0.333. The van der Waals surface area contributed by atoms with Crippen LogP contribution >= 0.6 is 11.3 Å². The Morgan fingerprint density at radius 3 is 2.80 bits per heavy atom. The van der Waals surface area contributed by atoms with Crippen molar-refractivity contribution in [1.29, 1.82) is 0 Å². The quantitative estimate of drug-likeness (QED) is 0.809. The van der Waals surface area contributed by atoms with Gasteiger partial charge in [0.2, 0.25) is 5.91 Å². The number of carbonyl (C=O) groups excluding carboxylic acids is 2. The summed E-state index contributed by atoms with van der Waals surface area (Å²) in [5, 5.41) is 0. The standard InChI is InChI=1S/C12H13N5O2S/c1-16-4-5-17(6-7(16)18)12(19)10-8(13)9-11(20-10)15-3-2-14-9/h2-3H,4-6,13H2,1H3. The van der Waals surface area contributed by atoms with Gasteiger partial charge in [-0.2, -0.15) is 0 Å². The van der Waals surface area contributed by atoms with E-state index in [1.807, 2.05) is 0 Å². The molecule has 3 rings (SSSR count). The predicted molar refractivity (Wildman–Crippen MR) is 75.4 cm³/mol. The molecule has 7 nitrogen and oxygen atoms in total. The molecule has 0 radical (unpaired) electrons. The van der Waals surface area contributed by atoms with Crippen molar-refractivity contribution in [3.05, 3.63) is 17.3 Å². The highest BCUT2D eigenvalue weighted by molar-refractivity contribution is 7.21. The number of nitrogens with zero attached hydrogens (tertiary/aromatic N) is 4. The van der Waals surface area contributed by atoms with E-state index in [9.17, 15) is 9.59 Å². The minimum Gasteiger partial charge on any atom is -0.396 e. The molecule has 0 aromatic carbocycles. The molecule has 104 valence electrons. The van der Waals surface area contributed by atoms with Gasteiger partial charge >= 0.3 is 0 Å². The maximum Gasteiger partial charge on any atom is 0.266 e. The van der Waals surface area contributed by atoms with Crippen molar-refractivity contribution in [3.8, 4) is 0 Å². The van der Waals surface area contributed by atoms with Crippen molar-refractivity contribution in [2.45, 2.75) is 0 Å². The van der Waals surface area contributed by atoms with E-state index in [2.05, 4.69) is 9.97 Å². The first kappa shape index (κ1) is 12.8. The van der Waals surface area contributed by atoms with Crippen LogP contribution in [0.3, 0.4) is 0 Å². The Bertz CT molecular complexity index is 698. The molecular weight excluding hydrogens is 278 g/mol. The SMILES string of the molecule is CN1CCN(C(=O)c2sc3nccnc3c2N)CC1=O. The number of nitrogen functional groups attached to an aromatic ring is 1. The van der Waals surface area contributed by atoms with Gasteiger partial charge in [-0.25, -0.2) is 9.97 Å². The van der Waals surface area contributed by atoms with Gasteiger partial charge in [-0.15, -0.1) is 11.3 Å². The molecule has 2 N–H and O–H groups in total. The summed E-state index contributed by atoms with van der Waals surface area (Å²) in [6.07, 6.45) is 3.10. The maximum absolute atomic E-state index is 12.5. The second kappa shape index (κ2) is 4.71. The van der Waals surface area contributed by atoms with Crippen LogP contribution in [-0.2, 0) is 4.79 Å². The third-order valence-corrected chi connectivity index (χ3v) is 4.39. The molecule has 2 amide bonds. The van der Waals surface area contributed by atoms with Crippen LogP contribution in [0, 0.1) is 0 Å². The fourth-order valence-electron chi connectivity index (χ4n) is 2.08. The van der Waals surface area contributed by atoms with E-state index in [1.54, 1.807) is 24.3 Å². The zero-order valence-electron chi connectivity index (χ0n) is 10.9. The number of aromatic nitrogens is 2. The summed E-state index contributed by atoms with van der Waals surface area (Å²) in [4.78, 5) is 36.6. The van der Waals surface area contributed by atoms with Crippen molar-refractivity contribution < 1.29 is 9.59 Å². The Hall–Kier alpha value is -2.22. The zero-order chi connectivity index (χ0) is 14.3. The number of thiophene rings is 1. The number of amides is 2. The Morgan fingerprint density at radius 1 is 1.35 bits per heavy atom. The molecule has 1 aliphatic rings. The highest BCUT2D eigenvalue weighted by Crippen LogP contribution is 2.31. The number of rotatable bonds is 1. The molecular formula is C12H13N5O2S. The lowest BCUT2D eigenvalue weighted by Crippen LogP contribution is -2.50. The van der Waals surface area contributed by atoms with E-state index in [0.717, 1.165) is 0 Å². The van der Waals surface area contributed by atoms with E-state index in [4.69, 9.17) is 5.73 Å². The molecule has 0 aliphatic carbocycles. The predicted octanol–water partition coefficient (Wildman–Crippen LogP) is 0.188. The summed E-state index contributed by atoms with van der Waals surface area (Å²) in [5.74, 6) is -0.297. The van der Waals surface area contributed by atoms with Crippen LogP contribution in [0.1, 0.15) is 9.67 Å². The van der Waals surface area contributed by atoms with Gasteiger partial charge in [0.25, 0.3) is 5.91 Å². The highest BCUT2D eigenvalue weighted by Gasteiger charge is 2.28. The normalized spacial score (nSPS) is 15.9. The average Bonchev–Trinajstić information content (AvgIpc) is 2.79. The number of anilines is 1. The lowest BCUT2D eigenvalue weighted by atomic mass is 10.2. The van der Waals surface area contributed by atoms with Crippen LogP contribution in [0.15, 0.2) is 12.4 Å². The molecule has 0 saturated carbocycles. The third kappa shape index (κ3) is 1.97. The van der Waals surface area contributed by atoms with Gasteiger partial charge in [0, 0.05) is 32.5 Å². The first-order chi connectivity index (χ1) is 9.58. The van der Waals surface area contributed by atoms with E-state index in [1.165, 1.54) is 16.2 Å². The van der Waals surface area contributed by atoms with Gasteiger partial charge in [-0.1, -0.05) is 0 Å². The monoisotopic (exact) mass is 291 g/mol. The van der Waals surface area contributed by atoms with Crippen molar-refractivity contribution >= 4 is 39.2 Å². The lowest BCUT2D eigenvalue weighted by molar-refractivity contribution is -0.133. The van der Waals surface area contributed by atoms with E-state index in [0.29, 0.717) is 34.0 Å². The minimum absolute atomic E-state index is 0.0690. The van der Waals surface area contributed by atoms with Crippen LogP contribution in [0.5, 0.6) is 0 Å². The van der Waals surface area contributed by atoms with Gasteiger partial charge in [0.05, 0.1) is 5.69 Å². The molecule has 1 fully saturated rings. The van der Waals surface area contributed by atoms with Crippen LogP contribution in [0.25, 0.3) is 10.3 Å². The number of fused-ring (bicyclic) bond motifs is 1. The van der Waals surface area contributed by atoms with Crippen LogP contribution in [0.2, 0.25) is 0 Å². The number of carbonyl (C=O) groups is 2. The largest absolute Gasteiger partial charge is 0.396 e. The molecule has 0 spiro atoms. The van der Waals surface area contributed by atoms with Gasteiger partial charge < -0.3 is 15.5 Å². The summed E-state index contributed by atoms with van der Waals surface area (Å²) in [7, 11) is 1.73. The Kier molecular flexibility index (Phi) is 3.01. The molecule has 3 heterocycles. The minimum atomic E-state index is -0.228. The molecule has 0 bridgehead atoms. The van der Waals surface area contributed by atoms with E-state index in [-0.39, 0.29) is 18.4 Å². The fourth-order valence-corrected chi connectivity index (χ4v) is 3.07.